The van der Waals surface area contributed by atoms with Crippen molar-refractivity contribution in [1.82, 2.24) is 19.5 Å². The second-order valence-electron chi connectivity index (χ2n) is 8.80. The number of hydrogen-bond donors (Lipinski definition) is 2. The molecule has 7 nitrogen and oxygen atoms in total. The van der Waals surface area contributed by atoms with Crippen molar-refractivity contribution in [2.24, 2.45) is 7.05 Å². The summed E-state index contributed by atoms with van der Waals surface area (Å²) in [6.45, 7) is 1.97. The second kappa shape index (κ2) is 11.8. The minimum atomic E-state index is -4.52. The lowest BCUT2D eigenvalue weighted by Gasteiger charge is -2.17. The van der Waals surface area contributed by atoms with Gasteiger partial charge in [0.1, 0.15) is 0 Å². The van der Waals surface area contributed by atoms with Gasteiger partial charge in [-0.05, 0) is 30.7 Å². The SMILES string of the molecule is C[C@H](Nc1nccc(-c2c(C3C=CC=C(C(F)(F)F)C=C3)ncc(C(=O)O)cccn2C)n1)c1ccccc1. The van der Waals surface area contributed by atoms with Crippen molar-refractivity contribution >= 4 is 11.9 Å². The van der Waals surface area contributed by atoms with Crippen molar-refractivity contribution in [1.29, 1.82) is 0 Å². The summed E-state index contributed by atoms with van der Waals surface area (Å²) in [4.78, 5) is 25.2. The van der Waals surface area contributed by atoms with E-state index in [1.165, 1.54) is 24.4 Å². The molecule has 39 heavy (non-hydrogen) atoms. The maximum Gasteiger partial charge on any atom is 0.416 e. The molecular weight excluding hydrogens is 507 g/mol. The number of aromatic carboxylic acids is 1. The third-order valence-corrected chi connectivity index (χ3v) is 6.03. The first-order valence-electron chi connectivity index (χ1n) is 12.0. The summed E-state index contributed by atoms with van der Waals surface area (Å²) in [7, 11) is 1.73. The summed E-state index contributed by atoms with van der Waals surface area (Å²) >= 11 is 0. The van der Waals surface area contributed by atoms with E-state index >= 15 is 0 Å². The summed E-state index contributed by atoms with van der Waals surface area (Å²) in [6, 6.07) is 14.3. The van der Waals surface area contributed by atoms with E-state index in [2.05, 4.69) is 20.3 Å². The molecule has 0 amide bonds. The molecule has 2 heterocycles. The normalized spacial score (nSPS) is 15.6. The van der Waals surface area contributed by atoms with Crippen LogP contribution < -0.4 is 5.32 Å². The van der Waals surface area contributed by atoms with Crippen LogP contribution in [0, 0.1) is 0 Å². The number of halogens is 3. The minimum Gasteiger partial charge on any atom is -0.478 e. The van der Waals surface area contributed by atoms with E-state index in [1.807, 2.05) is 37.3 Å². The standard InChI is InChI=1S/C29H26F3N5O2/c1-19(20-8-4-3-5-9-20)35-28-33-16-15-24(36-28)26-25(21-10-6-12-23(14-13-21)29(30,31)32)34-18-22(27(38)39)11-7-17-37(26)2/h3-19,21H,1-2H3,(H,38,39)(H,33,35,36)/t19-,21?/m0/s1. The molecule has 2 aromatic heterocycles. The lowest BCUT2D eigenvalue weighted by Crippen LogP contribution is -2.11. The van der Waals surface area contributed by atoms with Crippen LogP contribution in [0.3, 0.4) is 0 Å². The fourth-order valence-corrected chi connectivity index (χ4v) is 4.01. The maximum atomic E-state index is 13.4. The predicted molar refractivity (Wildman–Crippen MR) is 142 cm³/mol. The molecule has 0 bridgehead atoms. The van der Waals surface area contributed by atoms with Gasteiger partial charge in [-0.25, -0.2) is 14.8 Å². The van der Waals surface area contributed by atoms with Gasteiger partial charge in [0.15, 0.2) is 0 Å². The lowest BCUT2D eigenvalue weighted by atomic mass is 10.0. The first-order chi connectivity index (χ1) is 18.6. The van der Waals surface area contributed by atoms with Crippen LogP contribution in [0.15, 0.2) is 103 Å². The molecule has 1 unspecified atom stereocenters. The Kier molecular flexibility index (Phi) is 8.24. The number of aryl methyl sites for hydroxylation is 1. The number of benzene rings is 1. The van der Waals surface area contributed by atoms with Crippen LogP contribution in [0.5, 0.6) is 0 Å². The van der Waals surface area contributed by atoms with E-state index in [-0.39, 0.29) is 11.6 Å². The van der Waals surface area contributed by atoms with Gasteiger partial charge in [-0.3, -0.25) is 4.98 Å². The van der Waals surface area contributed by atoms with E-state index in [9.17, 15) is 23.1 Å². The molecule has 2 N–H and O–H groups in total. The quantitative estimate of drug-likeness (QED) is 0.372. The molecule has 0 radical (unpaired) electrons. The van der Waals surface area contributed by atoms with Gasteiger partial charge < -0.3 is 15.0 Å². The van der Waals surface area contributed by atoms with Crippen molar-refractivity contribution < 1.29 is 23.1 Å². The van der Waals surface area contributed by atoms with Gasteiger partial charge in [0.2, 0.25) is 5.95 Å². The van der Waals surface area contributed by atoms with Crippen molar-refractivity contribution in [2.45, 2.75) is 25.1 Å². The van der Waals surface area contributed by atoms with Gasteiger partial charge >= 0.3 is 12.1 Å². The van der Waals surface area contributed by atoms with Crippen molar-refractivity contribution in [3.05, 3.63) is 120 Å². The molecule has 0 saturated carbocycles. The highest BCUT2D eigenvalue weighted by Crippen LogP contribution is 2.33. The average Bonchev–Trinajstić information content (AvgIpc) is 3.12. The van der Waals surface area contributed by atoms with Crippen molar-refractivity contribution in [3.8, 4) is 11.4 Å². The molecule has 0 saturated heterocycles. The zero-order valence-corrected chi connectivity index (χ0v) is 21.2. The number of aromatic nitrogens is 4. The van der Waals surface area contributed by atoms with Crippen LogP contribution >= 0.6 is 0 Å². The van der Waals surface area contributed by atoms with E-state index in [0.29, 0.717) is 23.0 Å². The van der Waals surface area contributed by atoms with Crippen LogP contribution in [-0.4, -0.2) is 36.8 Å². The molecule has 0 spiro atoms. The van der Waals surface area contributed by atoms with Gasteiger partial charge in [-0.15, -0.1) is 0 Å². The number of anilines is 1. The number of nitrogens with zero attached hydrogens (tertiary/aromatic N) is 4. The second-order valence-corrected chi connectivity index (χ2v) is 8.80. The van der Waals surface area contributed by atoms with E-state index in [1.54, 1.807) is 42.2 Å². The lowest BCUT2D eigenvalue weighted by molar-refractivity contribution is -0.0881. The van der Waals surface area contributed by atoms with E-state index < -0.39 is 23.6 Å². The summed E-state index contributed by atoms with van der Waals surface area (Å²) in [5, 5.41) is 12.8. The van der Waals surface area contributed by atoms with Crippen molar-refractivity contribution in [2.75, 3.05) is 5.32 Å². The van der Waals surface area contributed by atoms with Gasteiger partial charge in [-0.2, -0.15) is 13.2 Å². The zero-order valence-electron chi connectivity index (χ0n) is 21.2. The summed E-state index contributed by atoms with van der Waals surface area (Å²) in [5.41, 5.74) is 1.36. The minimum absolute atomic E-state index is 0.0872. The molecular formula is C29H26F3N5O2. The number of nitrogens with one attached hydrogen (secondary N) is 1. The third-order valence-electron chi connectivity index (χ3n) is 6.03. The fourth-order valence-electron chi connectivity index (χ4n) is 4.01. The summed E-state index contributed by atoms with van der Waals surface area (Å²) in [5.74, 6) is -1.56. The Hall–Kier alpha value is -4.73. The zero-order chi connectivity index (χ0) is 28.0. The van der Waals surface area contributed by atoms with Crippen molar-refractivity contribution in [3.63, 3.8) is 0 Å². The molecule has 3 aromatic rings. The Morgan fingerprint density at radius 2 is 1.85 bits per heavy atom. The number of carboxylic acid groups (broad SMARTS) is 1. The van der Waals surface area contributed by atoms with E-state index in [4.69, 9.17) is 0 Å². The molecule has 2 atom stereocenters. The first-order valence-corrected chi connectivity index (χ1v) is 12.0. The Labute approximate surface area is 223 Å². The fraction of sp³-hybridized carbons (Fsp3) is 0.172. The first kappa shape index (κ1) is 27.3. The number of alkyl halides is 3. The van der Waals surface area contributed by atoms with Crippen LogP contribution in [0.2, 0.25) is 0 Å². The molecule has 10 heteroatoms. The highest BCUT2D eigenvalue weighted by Gasteiger charge is 2.32. The summed E-state index contributed by atoms with van der Waals surface area (Å²) < 4.78 is 41.8. The highest BCUT2D eigenvalue weighted by atomic mass is 19.4. The number of carboxylic acids is 1. The highest BCUT2D eigenvalue weighted by molar-refractivity contribution is 5.86. The molecule has 0 fully saturated rings. The average molecular weight is 534 g/mol. The Morgan fingerprint density at radius 1 is 1.08 bits per heavy atom. The van der Waals surface area contributed by atoms with Gasteiger partial charge in [0.25, 0.3) is 0 Å². The van der Waals surface area contributed by atoms with Crippen LogP contribution in [0.25, 0.3) is 11.4 Å². The molecule has 1 aliphatic rings. The van der Waals surface area contributed by atoms with Crippen LogP contribution in [0.4, 0.5) is 19.1 Å². The topological polar surface area (TPSA) is 92.9 Å². The number of carbonyl (C=O) groups is 1. The maximum absolute atomic E-state index is 13.4. The van der Waals surface area contributed by atoms with Gasteiger partial charge in [0, 0.05) is 31.6 Å². The number of rotatable bonds is 6. The Morgan fingerprint density at radius 3 is 2.56 bits per heavy atom. The van der Waals surface area contributed by atoms with Gasteiger partial charge in [0.05, 0.1) is 34.3 Å². The van der Waals surface area contributed by atoms with Crippen LogP contribution in [0.1, 0.15) is 40.5 Å². The van der Waals surface area contributed by atoms with Gasteiger partial charge in [-0.1, -0.05) is 60.7 Å². The van der Waals surface area contributed by atoms with E-state index in [0.717, 1.165) is 17.7 Å². The van der Waals surface area contributed by atoms with Crippen LogP contribution in [-0.2, 0) is 7.05 Å². The molecule has 4 rings (SSSR count). The smallest absolute Gasteiger partial charge is 0.416 e. The number of allylic oxidation sites excluding steroid dienone is 6. The Bertz CT molecular complexity index is 1490. The third kappa shape index (κ3) is 6.78. The Balaban J connectivity index is 1.86. The predicted octanol–water partition coefficient (Wildman–Crippen LogP) is 6.57. The molecule has 200 valence electrons. The monoisotopic (exact) mass is 533 g/mol. The molecule has 1 aromatic carbocycles. The molecule has 1 aliphatic carbocycles. The summed E-state index contributed by atoms with van der Waals surface area (Å²) in [6.07, 6.45) is 6.13. The largest absolute Gasteiger partial charge is 0.478 e. The number of hydrogen-bond acceptors (Lipinski definition) is 5. The molecule has 0 aliphatic heterocycles.